The molecule has 0 heterocycles. The van der Waals surface area contributed by atoms with Crippen molar-refractivity contribution < 1.29 is 13.4 Å². The number of nitrogens with one attached hydrogen (secondary N) is 1. The Hall–Kier alpha value is -1.23. The fraction of sp³-hybridized carbons (Fsp3) is 0.300. The molecule has 1 atom stereocenters. The Bertz CT molecular complexity index is 381. The Labute approximate surface area is 90.1 Å². The molecule has 0 bridgehead atoms. The van der Waals surface area contributed by atoms with E-state index in [2.05, 4.69) is 5.32 Å². The first-order valence-corrected chi connectivity index (χ1v) is 5.86. The number of hydrogen-bond acceptors (Lipinski definition) is 2. The number of benzene rings is 1. The van der Waals surface area contributed by atoms with E-state index in [1.54, 1.807) is 13.0 Å². The molecule has 1 aromatic carbocycles. The summed E-state index contributed by atoms with van der Waals surface area (Å²) in [6.45, 7) is 2.28. The highest BCUT2D eigenvalue weighted by molar-refractivity contribution is 7.85. The van der Waals surface area contributed by atoms with E-state index in [9.17, 15) is 13.4 Å². The molecule has 1 unspecified atom stereocenters. The number of amides is 1. The number of halogens is 1. The van der Waals surface area contributed by atoms with Crippen molar-refractivity contribution in [2.45, 2.75) is 11.8 Å². The van der Waals surface area contributed by atoms with Crippen molar-refractivity contribution in [3.8, 4) is 0 Å². The van der Waals surface area contributed by atoms with Crippen LogP contribution >= 0.6 is 0 Å². The van der Waals surface area contributed by atoms with Crippen molar-refractivity contribution in [2.24, 2.45) is 0 Å². The molecule has 82 valence electrons. The molecule has 0 saturated heterocycles. The van der Waals surface area contributed by atoms with Crippen LogP contribution in [0.1, 0.15) is 6.92 Å². The van der Waals surface area contributed by atoms with E-state index in [0.29, 0.717) is 11.4 Å². The van der Waals surface area contributed by atoms with Crippen LogP contribution in [0.3, 0.4) is 0 Å². The van der Waals surface area contributed by atoms with Crippen LogP contribution in [-0.2, 0) is 15.6 Å². The second kappa shape index (κ2) is 5.60. The van der Waals surface area contributed by atoms with Gasteiger partial charge in [-0.3, -0.25) is 9.00 Å². The van der Waals surface area contributed by atoms with Gasteiger partial charge in [0.25, 0.3) is 0 Å². The number of carbonyl (C=O) groups is 1. The third kappa shape index (κ3) is 3.79. The predicted molar refractivity (Wildman–Crippen MR) is 56.4 cm³/mol. The Morgan fingerprint density at radius 1 is 1.53 bits per heavy atom. The van der Waals surface area contributed by atoms with Gasteiger partial charge in [-0.2, -0.15) is 0 Å². The molecule has 0 aliphatic heterocycles. The van der Waals surface area contributed by atoms with E-state index in [1.807, 2.05) is 0 Å². The van der Waals surface area contributed by atoms with Crippen molar-refractivity contribution in [3.63, 3.8) is 0 Å². The van der Waals surface area contributed by atoms with E-state index in [-0.39, 0.29) is 11.7 Å². The lowest BCUT2D eigenvalue weighted by Gasteiger charge is -2.02. The summed E-state index contributed by atoms with van der Waals surface area (Å²) in [5, 5.41) is 2.54. The normalized spacial score (nSPS) is 12.1. The van der Waals surface area contributed by atoms with E-state index in [1.165, 1.54) is 18.2 Å². The van der Waals surface area contributed by atoms with E-state index >= 15 is 0 Å². The fourth-order valence-corrected chi connectivity index (χ4v) is 2.04. The highest BCUT2D eigenvalue weighted by Gasteiger charge is 2.09. The number of hydrogen-bond donors (Lipinski definition) is 1. The van der Waals surface area contributed by atoms with Crippen LogP contribution in [0.4, 0.5) is 4.39 Å². The first-order chi connectivity index (χ1) is 7.13. The van der Waals surface area contributed by atoms with Gasteiger partial charge >= 0.3 is 0 Å². The molecule has 3 nitrogen and oxygen atoms in total. The summed E-state index contributed by atoms with van der Waals surface area (Å²) in [6, 6.07) is 5.46. The standard InChI is InChI=1S/C10H12FNO2S/c1-2-12-10(13)7-15(14)9-5-3-4-8(11)6-9/h3-6H,2,7H2,1H3,(H,12,13). The van der Waals surface area contributed by atoms with Gasteiger partial charge in [-0.05, 0) is 25.1 Å². The van der Waals surface area contributed by atoms with Crippen molar-refractivity contribution >= 4 is 16.7 Å². The molecule has 1 amide bonds. The molecule has 0 aliphatic rings. The van der Waals surface area contributed by atoms with Crippen LogP contribution in [-0.4, -0.2) is 22.4 Å². The third-order valence-corrected chi connectivity index (χ3v) is 3.00. The summed E-state index contributed by atoms with van der Waals surface area (Å²) in [7, 11) is -1.48. The highest BCUT2D eigenvalue weighted by Crippen LogP contribution is 2.08. The maximum absolute atomic E-state index is 12.8. The first-order valence-electron chi connectivity index (χ1n) is 4.54. The molecular weight excluding hydrogens is 217 g/mol. The van der Waals surface area contributed by atoms with Crippen LogP contribution < -0.4 is 5.32 Å². The quantitative estimate of drug-likeness (QED) is 0.839. The van der Waals surface area contributed by atoms with Gasteiger partial charge in [0.15, 0.2) is 0 Å². The van der Waals surface area contributed by atoms with E-state index in [4.69, 9.17) is 0 Å². The largest absolute Gasteiger partial charge is 0.356 e. The van der Waals surface area contributed by atoms with Crippen LogP contribution in [0, 0.1) is 5.82 Å². The van der Waals surface area contributed by atoms with E-state index in [0.717, 1.165) is 0 Å². The first kappa shape index (κ1) is 11.8. The minimum atomic E-state index is -1.48. The summed E-state index contributed by atoms with van der Waals surface area (Å²) >= 11 is 0. The summed E-state index contributed by atoms with van der Waals surface area (Å²) in [5.41, 5.74) is 0. The molecule has 0 radical (unpaired) electrons. The zero-order valence-electron chi connectivity index (χ0n) is 8.33. The lowest BCUT2D eigenvalue weighted by molar-refractivity contribution is -0.118. The molecule has 0 fully saturated rings. The average molecular weight is 229 g/mol. The van der Waals surface area contributed by atoms with Gasteiger partial charge < -0.3 is 5.32 Å². The third-order valence-electron chi connectivity index (χ3n) is 1.70. The molecule has 1 aromatic rings. The van der Waals surface area contributed by atoms with Crippen molar-refractivity contribution in [1.29, 1.82) is 0 Å². The minimum Gasteiger partial charge on any atom is -0.356 e. The minimum absolute atomic E-state index is 0.128. The Morgan fingerprint density at radius 3 is 2.87 bits per heavy atom. The molecule has 1 N–H and O–H groups in total. The van der Waals surface area contributed by atoms with Crippen LogP contribution in [0.2, 0.25) is 0 Å². The molecule has 0 aromatic heterocycles. The molecule has 15 heavy (non-hydrogen) atoms. The van der Waals surface area contributed by atoms with Crippen LogP contribution in [0.5, 0.6) is 0 Å². The van der Waals surface area contributed by atoms with Crippen molar-refractivity contribution in [1.82, 2.24) is 5.32 Å². The zero-order chi connectivity index (χ0) is 11.3. The van der Waals surface area contributed by atoms with Crippen LogP contribution in [0.15, 0.2) is 29.2 Å². The maximum atomic E-state index is 12.8. The number of rotatable bonds is 4. The Morgan fingerprint density at radius 2 is 2.27 bits per heavy atom. The predicted octanol–water partition coefficient (Wildman–Crippen LogP) is 1.07. The average Bonchev–Trinajstić information content (AvgIpc) is 2.18. The van der Waals surface area contributed by atoms with Gasteiger partial charge in [0.1, 0.15) is 11.6 Å². The SMILES string of the molecule is CCNC(=O)CS(=O)c1cccc(F)c1. The Kier molecular flexibility index (Phi) is 4.42. The molecule has 0 spiro atoms. The second-order valence-electron chi connectivity index (χ2n) is 2.90. The molecule has 5 heteroatoms. The Balaban J connectivity index is 2.65. The highest BCUT2D eigenvalue weighted by atomic mass is 32.2. The number of carbonyl (C=O) groups excluding carboxylic acids is 1. The van der Waals surface area contributed by atoms with Gasteiger partial charge in [-0.15, -0.1) is 0 Å². The molecule has 1 rings (SSSR count). The monoisotopic (exact) mass is 229 g/mol. The lowest BCUT2D eigenvalue weighted by Crippen LogP contribution is -2.27. The van der Waals surface area contributed by atoms with Gasteiger partial charge in [0, 0.05) is 11.4 Å². The van der Waals surface area contributed by atoms with E-state index < -0.39 is 16.6 Å². The smallest absolute Gasteiger partial charge is 0.232 e. The summed E-state index contributed by atoms with van der Waals surface area (Å²) < 4.78 is 24.3. The molecular formula is C10H12FNO2S. The zero-order valence-corrected chi connectivity index (χ0v) is 9.14. The lowest BCUT2D eigenvalue weighted by atomic mass is 10.4. The van der Waals surface area contributed by atoms with Crippen LogP contribution in [0.25, 0.3) is 0 Å². The summed E-state index contributed by atoms with van der Waals surface area (Å²) in [4.78, 5) is 11.4. The van der Waals surface area contributed by atoms with Crippen molar-refractivity contribution in [3.05, 3.63) is 30.1 Å². The second-order valence-corrected chi connectivity index (χ2v) is 4.35. The maximum Gasteiger partial charge on any atom is 0.232 e. The fourth-order valence-electron chi connectivity index (χ4n) is 1.06. The topological polar surface area (TPSA) is 46.2 Å². The van der Waals surface area contributed by atoms with Gasteiger partial charge in [-0.25, -0.2) is 4.39 Å². The van der Waals surface area contributed by atoms with Gasteiger partial charge in [0.05, 0.1) is 10.8 Å². The summed E-state index contributed by atoms with van der Waals surface area (Å²) in [6.07, 6.45) is 0. The van der Waals surface area contributed by atoms with Gasteiger partial charge in [0.2, 0.25) is 5.91 Å². The van der Waals surface area contributed by atoms with Crippen molar-refractivity contribution in [2.75, 3.05) is 12.3 Å². The van der Waals surface area contributed by atoms with Gasteiger partial charge in [-0.1, -0.05) is 6.07 Å². The molecule has 0 aliphatic carbocycles. The summed E-state index contributed by atoms with van der Waals surface area (Å²) in [5.74, 6) is -0.867. The molecule has 0 saturated carbocycles.